The lowest BCUT2D eigenvalue weighted by atomic mass is 10.2. The molecule has 144 valence electrons. The Kier molecular flexibility index (Phi) is 6.06. The van der Waals surface area contributed by atoms with Crippen LogP contribution in [0.2, 0.25) is 0 Å². The minimum Gasteiger partial charge on any atom is -0.506 e. The fourth-order valence-electron chi connectivity index (χ4n) is 3.32. The fraction of sp³-hybridized carbons (Fsp3) is 0.381. The molecule has 1 aliphatic rings. The van der Waals surface area contributed by atoms with Gasteiger partial charge in [0.1, 0.15) is 5.75 Å². The van der Waals surface area contributed by atoms with Crippen molar-refractivity contribution in [3.8, 4) is 5.75 Å². The molecule has 0 aliphatic carbocycles. The van der Waals surface area contributed by atoms with Gasteiger partial charge in [-0.2, -0.15) is 0 Å². The lowest BCUT2D eigenvalue weighted by Crippen LogP contribution is -2.52. The number of hydrogen-bond donors (Lipinski definition) is 2. The van der Waals surface area contributed by atoms with Gasteiger partial charge in [-0.05, 0) is 29.8 Å². The van der Waals surface area contributed by atoms with E-state index >= 15 is 0 Å². The van der Waals surface area contributed by atoms with Crippen LogP contribution in [0, 0.1) is 0 Å². The number of benzene rings is 2. The molecule has 3 rings (SSSR count). The van der Waals surface area contributed by atoms with Crippen LogP contribution in [0.1, 0.15) is 5.56 Å². The Bertz CT molecular complexity index is 764. The minimum atomic E-state index is 0.342. The highest BCUT2D eigenvalue weighted by Gasteiger charge is 2.21. The first kappa shape index (κ1) is 18.9. The van der Waals surface area contributed by atoms with Crippen molar-refractivity contribution in [2.75, 3.05) is 57.1 Å². The predicted molar refractivity (Wildman–Crippen MR) is 113 cm³/mol. The summed E-state index contributed by atoms with van der Waals surface area (Å²) in [5.41, 5.74) is 3.33. The van der Waals surface area contributed by atoms with Gasteiger partial charge < -0.3 is 25.1 Å². The Morgan fingerprint density at radius 1 is 1.04 bits per heavy atom. The largest absolute Gasteiger partial charge is 0.506 e. The fourth-order valence-corrected chi connectivity index (χ4v) is 3.32. The second-order valence-corrected chi connectivity index (χ2v) is 6.92. The van der Waals surface area contributed by atoms with Gasteiger partial charge in [0.05, 0.1) is 5.69 Å². The molecular weight excluding hydrogens is 338 g/mol. The Hall–Kier alpha value is -2.89. The highest BCUT2D eigenvalue weighted by Crippen LogP contribution is 2.27. The average Bonchev–Trinajstić information content (AvgIpc) is 2.70. The molecule has 2 N–H and O–H groups in total. The molecule has 1 fully saturated rings. The zero-order valence-electron chi connectivity index (χ0n) is 16.4. The van der Waals surface area contributed by atoms with E-state index < -0.39 is 0 Å². The molecule has 0 bridgehead atoms. The van der Waals surface area contributed by atoms with E-state index in [2.05, 4.69) is 49.3 Å². The summed E-state index contributed by atoms with van der Waals surface area (Å²) in [6, 6.07) is 16.1. The zero-order valence-corrected chi connectivity index (χ0v) is 16.4. The van der Waals surface area contributed by atoms with Crippen molar-refractivity contribution in [1.29, 1.82) is 0 Å². The minimum absolute atomic E-state index is 0.342. The molecule has 2 aromatic carbocycles. The van der Waals surface area contributed by atoms with Crippen LogP contribution in [0.15, 0.2) is 53.5 Å². The molecular formula is C21H29N5O. The lowest BCUT2D eigenvalue weighted by molar-refractivity contribution is 0.369. The van der Waals surface area contributed by atoms with E-state index in [0.29, 0.717) is 5.75 Å². The molecule has 2 aromatic rings. The monoisotopic (exact) mass is 367 g/mol. The van der Waals surface area contributed by atoms with E-state index in [9.17, 15) is 5.11 Å². The topological polar surface area (TPSA) is 54.3 Å². The number of nitrogens with zero attached hydrogens (tertiary/aromatic N) is 4. The number of guanidine groups is 1. The number of nitrogens with one attached hydrogen (secondary N) is 1. The van der Waals surface area contributed by atoms with Gasteiger partial charge in [0.2, 0.25) is 0 Å². The third kappa shape index (κ3) is 4.64. The number of para-hydroxylation sites is 2. The number of hydrogen-bond acceptors (Lipinski definition) is 4. The number of piperazine rings is 1. The van der Waals surface area contributed by atoms with Crippen molar-refractivity contribution >= 4 is 17.3 Å². The van der Waals surface area contributed by atoms with Gasteiger partial charge in [-0.1, -0.05) is 24.3 Å². The van der Waals surface area contributed by atoms with E-state index in [1.54, 1.807) is 6.07 Å². The summed E-state index contributed by atoms with van der Waals surface area (Å²) in [6.07, 6.45) is 0. The molecule has 0 radical (unpaired) electrons. The summed E-state index contributed by atoms with van der Waals surface area (Å²) in [7, 11) is 5.92. The van der Waals surface area contributed by atoms with Gasteiger partial charge in [0.15, 0.2) is 5.96 Å². The molecule has 1 saturated heterocycles. The van der Waals surface area contributed by atoms with Gasteiger partial charge in [-0.25, -0.2) is 0 Å². The van der Waals surface area contributed by atoms with Gasteiger partial charge in [0.25, 0.3) is 0 Å². The van der Waals surface area contributed by atoms with Crippen LogP contribution in [0.5, 0.6) is 5.75 Å². The first-order chi connectivity index (χ1) is 13.1. The first-order valence-electron chi connectivity index (χ1n) is 9.33. The third-order valence-corrected chi connectivity index (χ3v) is 4.92. The summed E-state index contributed by atoms with van der Waals surface area (Å²) in [4.78, 5) is 11.0. The summed E-state index contributed by atoms with van der Waals surface area (Å²) in [5, 5.41) is 13.5. The van der Waals surface area contributed by atoms with Crippen molar-refractivity contribution in [1.82, 2.24) is 10.2 Å². The van der Waals surface area contributed by atoms with Crippen LogP contribution in [0.4, 0.5) is 11.4 Å². The van der Waals surface area contributed by atoms with Crippen molar-refractivity contribution in [3.05, 3.63) is 54.1 Å². The van der Waals surface area contributed by atoms with Gasteiger partial charge in [-0.15, -0.1) is 0 Å². The standard InChI is InChI=1S/C21H29N5O/c1-22-21(23-16-17-8-10-18(11-9-17)24(2)3)26-14-12-25(13-15-26)19-6-4-5-7-20(19)27/h4-11,27H,12-16H2,1-3H3,(H,22,23). The number of phenols is 1. The molecule has 1 heterocycles. The molecule has 27 heavy (non-hydrogen) atoms. The van der Waals surface area contributed by atoms with Crippen LogP contribution < -0.4 is 15.1 Å². The highest BCUT2D eigenvalue weighted by atomic mass is 16.3. The number of anilines is 2. The van der Waals surface area contributed by atoms with Crippen LogP contribution in [0.25, 0.3) is 0 Å². The summed E-state index contributed by atoms with van der Waals surface area (Å²) in [6.45, 7) is 4.20. The quantitative estimate of drug-likeness (QED) is 0.642. The predicted octanol–water partition coefficient (Wildman–Crippen LogP) is 2.36. The van der Waals surface area contributed by atoms with Crippen molar-refractivity contribution in [2.45, 2.75) is 6.54 Å². The van der Waals surface area contributed by atoms with E-state index in [1.165, 1.54) is 11.3 Å². The number of phenolic OH excluding ortho intramolecular Hbond substituents is 1. The second-order valence-electron chi connectivity index (χ2n) is 6.92. The van der Waals surface area contributed by atoms with Crippen molar-refractivity contribution in [3.63, 3.8) is 0 Å². The van der Waals surface area contributed by atoms with E-state index in [0.717, 1.165) is 44.4 Å². The van der Waals surface area contributed by atoms with Gasteiger partial charge in [-0.3, -0.25) is 4.99 Å². The number of aliphatic imine (C=N–C) groups is 1. The van der Waals surface area contributed by atoms with Crippen LogP contribution in [0.3, 0.4) is 0 Å². The van der Waals surface area contributed by atoms with E-state index in [1.807, 2.05) is 39.3 Å². The molecule has 0 atom stereocenters. The molecule has 6 heteroatoms. The lowest BCUT2D eigenvalue weighted by Gasteiger charge is -2.37. The molecule has 0 unspecified atom stereocenters. The highest BCUT2D eigenvalue weighted by molar-refractivity contribution is 5.80. The number of rotatable bonds is 4. The molecule has 0 aromatic heterocycles. The Labute approximate surface area is 161 Å². The van der Waals surface area contributed by atoms with Gasteiger partial charge in [0, 0.05) is 59.6 Å². The summed E-state index contributed by atoms with van der Waals surface area (Å²) >= 11 is 0. The maximum atomic E-state index is 10.1. The maximum Gasteiger partial charge on any atom is 0.194 e. The third-order valence-electron chi connectivity index (χ3n) is 4.92. The van der Waals surface area contributed by atoms with E-state index in [4.69, 9.17) is 0 Å². The van der Waals surface area contributed by atoms with Crippen molar-refractivity contribution in [2.24, 2.45) is 4.99 Å². The molecule has 1 aliphatic heterocycles. The number of aromatic hydroxyl groups is 1. The molecule has 6 nitrogen and oxygen atoms in total. The summed E-state index contributed by atoms with van der Waals surface area (Å²) in [5.74, 6) is 1.26. The average molecular weight is 367 g/mol. The van der Waals surface area contributed by atoms with Gasteiger partial charge >= 0.3 is 0 Å². The molecule has 0 amide bonds. The maximum absolute atomic E-state index is 10.1. The Morgan fingerprint density at radius 3 is 2.30 bits per heavy atom. The Balaban J connectivity index is 1.54. The first-order valence-corrected chi connectivity index (χ1v) is 9.33. The molecule has 0 spiro atoms. The van der Waals surface area contributed by atoms with Crippen LogP contribution >= 0.6 is 0 Å². The van der Waals surface area contributed by atoms with Crippen LogP contribution in [-0.2, 0) is 6.54 Å². The van der Waals surface area contributed by atoms with Crippen molar-refractivity contribution < 1.29 is 5.11 Å². The zero-order chi connectivity index (χ0) is 19.2. The smallest absolute Gasteiger partial charge is 0.194 e. The molecule has 0 saturated carbocycles. The second kappa shape index (κ2) is 8.66. The normalized spacial score (nSPS) is 15.0. The SMILES string of the molecule is CN=C(NCc1ccc(N(C)C)cc1)N1CCN(c2ccccc2O)CC1. The van der Waals surface area contributed by atoms with E-state index in [-0.39, 0.29) is 0 Å². The Morgan fingerprint density at radius 2 is 1.70 bits per heavy atom. The van der Waals surface area contributed by atoms with Crippen LogP contribution in [-0.4, -0.2) is 63.3 Å². The summed E-state index contributed by atoms with van der Waals surface area (Å²) < 4.78 is 0.